The van der Waals surface area contributed by atoms with Gasteiger partial charge in [0.15, 0.2) is 0 Å². The van der Waals surface area contributed by atoms with Gasteiger partial charge < -0.3 is 16.0 Å². The molecule has 1 aromatic heterocycles. The summed E-state index contributed by atoms with van der Waals surface area (Å²) in [5.74, 6) is 1.35. The quantitative estimate of drug-likeness (QED) is 0.723. The molecule has 1 aromatic rings. The summed E-state index contributed by atoms with van der Waals surface area (Å²) in [6.45, 7) is 4.83. The molecule has 0 unspecified atom stereocenters. The maximum atomic E-state index is 5.71. The highest BCUT2D eigenvalue weighted by Gasteiger charge is 2.18. The van der Waals surface area contributed by atoms with Gasteiger partial charge in [-0.2, -0.15) is 4.98 Å². The Hall–Kier alpha value is -1.36. The van der Waals surface area contributed by atoms with Gasteiger partial charge in [0, 0.05) is 38.7 Å². The van der Waals surface area contributed by atoms with Crippen LogP contribution in [0, 0.1) is 0 Å². The van der Waals surface area contributed by atoms with E-state index in [1.54, 1.807) is 0 Å². The Kier molecular flexibility index (Phi) is 2.73. The molecule has 0 radical (unpaired) electrons. The number of hydrogen-bond donors (Lipinski definition) is 2. The van der Waals surface area contributed by atoms with Crippen molar-refractivity contribution in [3.63, 3.8) is 0 Å². The largest absolute Gasteiger partial charge is 0.368 e. The van der Waals surface area contributed by atoms with E-state index in [2.05, 4.69) is 27.1 Å². The van der Waals surface area contributed by atoms with E-state index in [9.17, 15) is 0 Å². The van der Waals surface area contributed by atoms with Gasteiger partial charge in [0.2, 0.25) is 5.95 Å². The number of nitrogens with two attached hydrogens (primary N) is 1. The van der Waals surface area contributed by atoms with Crippen molar-refractivity contribution in [3.8, 4) is 0 Å². The molecule has 1 aliphatic rings. The summed E-state index contributed by atoms with van der Waals surface area (Å²) in [5, 5.41) is 3.33. The SMILES string of the molecule is CCN(C)c1nc(N)nc2c1CNCC2. The highest BCUT2D eigenvalue weighted by molar-refractivity contribution is 5.52. The number of aromatic nitrogens is 2. The van der Waals surface area contributed by atoms with Gasteiger partial charge in [-0.1, -0.05) is 0 Å². The monoisotopic (exact) mass is 207 g/mol. The lowest BCUT2D eigenvalue weighted by atomic mass is 10.1. The molecular formula is C10H17N5. The molecule has 2 heterocycles. The Bertz CT molecular complexity index is 363. The summed E-state index contributed by atoms with van der Waals surface area (Å²) in [4.78, 5) is 10.7. The maximum absolute atomic E-state index is 5.71. The van der Waals surface area contributed by atoms with E-state index < -0.39 is 0 Å². The van der Waals surface area contributed by atoms with Gasteiger partial charge in [-0.15, -0.1) is 0 Å². The number of anilines is 2. The summed E-state index contributed by atoms with van der Waals surface area (Å²) in [6, 6.07) is 0. The van der Waals surface area contributed by atoms with Crippen LogP contribution in [-0.2, 0) is 13.0 Å². The molecule has 2 rings (SSSR count). The first kappa shape index (κ1) is 10.2. The van der Waals surface area contributed by atoms with E-state index >= 15 is 0 Å². The van der Waals surface area contributed by atoms with Crippen LogP contribution in [-0.4, -0.2) is 30.1 Å². The second-order valence-corrected chi connectivity index (χ2v) is 3.77. The van der Waals surface area contributed by atoms with Crippen LogP contribution in [0.2, 0.25) is 0 Å². The van der Waals surface area contributed by atoms with Crippen molar-refractivity contribution in [2.75, 3.05) is 30.8 Å². The van der Waals surface area contributed by atoms with Gasteiger partial charge in [0.1, 0.15) is 5.82 Å². The number of hydrogen-bond acceptors (Lipinski definition) is 5. The predicted molar refractivity (Wildman–Crippen MR) is 60.8 cm³/mol. The van der Waals surface area contributed by atoms with Gasteiger partial charge in [0.25, 0.3) is 0 Å². The molecule has 0 spiro atoms. The fraction of sp³-hybridized carbons (Fsp3) is 0.600. The fourth-order valence-electron chi connectivity index (χ4n) is 1.81. The van der Waals surface area contributed by atoms with Crippen LogP contribution in [0.1, 0.15) is 18.2 Å². The summed E-state index contributed by atoms with van der Waals surface area (Å²) in [6.07, 6.45) is 0.937. The average molecular weight is 207 g/mol. The lowest BCUT2D eigenvalue weighted by Gasteiger charge is -2.24. The van der Waals surface area contributed by atoms with Crippen LogP contribution >= 0.6 is 0 Å². The summed E-state index contributed by atoms with van der Waals surface area (Å²) in [7, 11) is 2.02. The number of nitrogens with zero attached hydrogens (tertiary/aromatic N) is 3. The number of fused-ring (bicyclic) bond motifs is 1. The second kappa shape index (κ2) is 4.02. The molecule has 0 aromatic carbocycles. The smallest absolute Gasteiger partial charge is 0.222 e. The highest BCUT2D eigenvalue weighted by Crippen LogP contribution is 2.23. The number of rotatable bonds is 2. The zero-order chi connectivity index (χ0) is 10.8. The molecule has 0 saturated heterocycles. The lowest BCUT2D eigenvalue weighted by molar-refractivity contribution is 0.625. The van der Waals surface area contributed by atoms with Gasteiger partial charge in [-0.25, -0.2) is 4.98 Å². The first-order valence-corrected chi connectivity index (χ1v) is 5.29. The second-order valence-electron chi connectivity index (χ2n) is 3.77. The molecule has 0 amide bonds. The van der Waals surface area contributed by atoms with Crippen LogP contribution in [0.15, 0.2) is 0 Å². The molecule has 0 fully saturated rings. The highest BCUT2D eigenvalue weighted by atomic mass is 15.2. The topological polar surface area (TPSA) is 67.1 Å². The number of nitrogen functional groups attached to an aromatic ring is 1. The molecule has 0 saturated carbocycles. The summed E-state index contributed by atoms with van der Waals surface area (Å²) >= 11 is 0. The Morgan fingerprint density at radius 3 is 3.00 bits per heavy atom. The van der Waals surface area contributed by atoms with Crippen molar-refractivity contribution in [1.29, 1.82) is 0 Å². The van der Waals surface area contributed by atoms with Crippen LogP contribution in [0.3, 0.4) is 0 Å². The third-order valence-corrected chi connectivity index (χ3v) is 2.76. The number of nitrogens with one attached hydrogen (secondary N) is 1. The maximum Gasteiger partial charge on any atom is 0.222 e. The summed E-state index contributed by atoms with van der Waals surface area (Å²) < 4.78 is 0. The van der Waals surface area contributed by atoms with Gasteiger partial charge in [-0.05, 0) is 6.92 Å². The first-order chi connectivity index (χ1) is 7.22. The zero-order valence-electron chi connectivity index (χ0n) is 9.25. The van der Waals surface area contributed by atoms with E-state index in [0.717, 1.165) is 37.6 Å². The summed E-state index contributed by atoms with van der Waals surface area (Å²) in [5.41, 5.74) is 7.99. The fourth-order valence-corrected chi connectivity index (χ4v) is 1.81. The molecule has 5 heteroatoms. The van der Waals surface area contributed by atoms with E-state index in [0.29, 0.717) is 5.95 Å². The van der Waals surface area contributed by atoms with Gasteiger partial charge in [-0.3, -0.25) is 0 Å². The zero-order valence-corrected chi connectivity index (χ0v) is 9.25. The van der Waals surface area contributed by atoms with Crippen molar-refractivity contribution in [2.45, 2.75) is 19.9 Å². The Labute approximate surface area is 89.7 Å². The first-order valence-electron chi connectivity index (χ1n) is 5.29. The molecule has 3 N–H and O–H groups in total. The van der Waals surface area contributed by atoms with E-state index in [-0.39, 0.29) is 0 Å². The molecule has 82 valence electrons. The molecule has 0 aliphatic carbocycles. The third kappa shape index (κ3) is 1.87. The average Bonchev–Trinajstić information content (AvgIpc) is 2.26. The Balaban J connectivity index is 2.47. The Morgan fingerprint density at radius 2 is 2.27 bits per heavy atom. The normalized spacial score (nSPS) is 14.8. The van der Waals surface area contributed by atoms with Crippen LogP contribution in [0.4, 0.5) is 11.8 Å². The standard InChI is InChI=1S/C10H17N5/c1-3-15(2)9-7-6-12-5-4-8(7)13-10(11)14-9/h12H,3-6H2,1-2H3,(H2,11,13,14). The van der Waals surface area contributed by atoms with Gasteiger partial charge >= 0.3 is 0 Å². The molecule has 5 nitrogen and oxygen atoms in total. The molecule has 1 aliphatic heterocycles. The van der Waals surface area contributed by atoms with Crippen molar-refractivity contribution in [2.24, 2.45) is 0 Å². The molecule has 0 atom stereocenters. The molecule has 0 bridgehead atoms. The van der Waals surface area contributed by atoms with Crippen LogP contribution in [0.5, 0.6) is 0 Å². The van der Waals surface area contributed by atoms with E-state index in [4.69, 9.17) is 5.73 Å². The van der Waals surface area contributed by atoms with E-state index in [1.165, 1.54) is 5.56 Å². The predicted octanol–water partition coefficient (Wildman–Crippen LogP) is 0.161. The third-order valence-electron chi connectivity index (χ3n) is 2.76. The van der Waals surface area contributed by atoms with Crippen molar-refractivity contribution < 1.29 is 0 Å². The van der Waals surface area contributed by atoms with Gasteiger partial charge in [0.05, 0.1) is 5.69 Å². The van der Waals surface area contributed by atoms with Crippen molar-refractivity contribution in [3.05, 3.63) is 11.3 Å². The lowest BCUT2D eigenvalue weighted by Crippen LogP contribution is -2.29. The van der Waals surface area contributed by atoms with Crippen LogP contribution < -0.4 is 16.0 Å². The van der Waals surface area contributed by atoms with Crippen molar-refractivity contribution >= 4 is 11.8 Å². The van der Waals surface area contributed by atoms with E-state index in [1.807, 2.05) is 7.05 Å². The molecular weight excluding hydrogens is 190 g/mol. The Morgan fingerprint density at radius 1 is 1.47 bits per heavy atom. The van der Waals surface area contributed by atoms with Crippen molar-refractivity contribution in [1.82, 2.24) is 15.3 Å². The minimum absolute atomic E-state index is 0.381. The minimum atomic E-state index is 0.381. The van der Waals surface area contributed by atoms with Crippen LogP contribution in [0.25, 0.3) is 0 Å². The minimum Gasteiger partial charge on any atom is -0.368 e. The molecule has 15 heavy (non-hydrogen) atoms.